The van der Waals surface area contributed by atoms with Crippen LogP contribution < -0.4 is 10.1 Å². The third kappa shape index (κ3) is 8.71. The van der Waals surface area contributed by atoms with Crippen LogP contribution in [0.1, 0.15) is 36.8 Å². The van der Waals surface area contributed by atoms with Gasteiger partial charge >= 0.3 is 0 Å². The van der Waals surface area contributed by atoms with Crippen LogP contribution in [-0.4, -0.2) is 42.6 Å². The maximum absolute atomic E-state index is 9.87. The monoisotopic (exact) mass is 295 g/mol. The van der Waals surface area contributed by atoms with E-state index in [1.54, 1.807) is 0 Å². The van der Waals surface area contributed by atoms with Gasteiger partial charge in [-0.2, -0.15) is 0 Å². The second kappa shape index (κ2) is 10.6. The van der Waals surface area contributed by atoms with Crippen LogP contribution in [0.2, 0.25) is 0 Å². The predicted octanol–water partition coefficient (Wildman–Crippen LogP) is 2.19. The summed E-state index contributed by atoms with van der Waals surface area (Å²) < 4.78 is 5.62. The van der Waals surface area contributed by atoms with Gasteiger partial charge in [-0.25, -0.2) is 0 Å². The summed E-state index contributed by atoms with van der Waals surface area (Å²) in [4.78, 5) is 0. The molecule has 0 saturated heterocycles. The number of rotatable bonds is 11. The fraction of sp³-hybridized carbons (Fsp3) is 0.647. The fourth-order valence-corrected chi connectivity index (χ4v) is 2.25. The number of nitrogens with one attached hydrogen (secondary N) is 1. The van der Waals surface area contributed by atoms with Crippen molar-refractivity contribution < 1.29 is 14.9 Å². The van der Waals surface area contributed by atoms with E-state index in [1.807, 2.05) is 26.0 Å². The Morgan fingerprint density at radius 2 is 1.71 bits per heavy atom. The fourth-order valence-electron chi connectivity index (χ4n) is 2.25. The van der Waals surface area contributed by atoms with Crippen LogP contribution in [-0.2, 0) is 0 Å². The van der Waals surface area contributed by atoms with Gasteiger partial charge < -0.3 is 20.3 Å². The Balaban J connectivity index is 2.09. The van der Waals surface area contributed by atoms with Crippen LogP contribution in [0.4, 0.5) is 0 Å². The van der Waals surface area contributed by atoms with Crippen molar-refractivity contribution in [3.8, 4) is 5.75 Å². The lowest BCUT2D eigenvalue weighted by Gasteiger charge is -2.14. The van der Waals surface area contributed by atoms with Gasteiger partial charge in [-0.1, -0.05) is 18.9 Å². The van der Waals surface area contributed by atoms with Crippen LogP contribution in [0.25, 0.3) is 0 Å². The molecule has 4 heteroatoms. The molecule has 0 radical (unpaired) electrons. The molecular weight excluding hydrogens is 266 g/mol. The van der Waals surface area contributed by atoms with Gasteiger partial charge in [-0.05, 0) is 56.5 Å². The first-order chi connectivity index (χ1) is 10.1. The lowest BCUT2D eigenvalue weighted by molar-refractivity contribution is 0.106. The van der Waals surface area contributed by atoms with Gasteiger partial charge in [0.1, 0.15) is 18.5 Å². The number of aliphatic hydroxyl groups excluding tert-OH is 2. The number of unbranched alkanes of at least 4 members (excludes halogenated alkanes) is 3. The predicted molar refractivity (Wildman–Crippen MR) is 85.8 cm³/mol. The molecule has 0 fully saturated rings. The quantitative estimate of drug-likeness (QED) is 0.548. The van der Waals surface area contributed by atoms with E-state index in [4.69, 9.17) is 9.84 Å². The van der Waals surface area contributed by atoms with E-state index in [-0.39, 0.29) is 6.61 Å². The highest BCUT2D eigenvalue weighted by molar-refractivity contribution is 5.32. The van der Waals surface area contributed by atoms with Crippen molar-refractivity contribution in [2.24, 2.45) is 0 Å². The highest BCUT2D eigenvalue weighted by atomic mass is 16.5. The normalized spacial score (nSPS) is 12.4. The summed E-state index contributed by atoms with van der Waals surface area (Å²) in [6.07, 6.45) is 3.64. The smallest absolute Gasteiger partial charge is 0.119 e. The Kier molecular flexibility index (Phi) is 9.06. The van der Waals surface area contributed by atoms with Gasteiger partial charge in [-0.15, -0.1) is 0 Å². The SMILES string of the molecule is Cc1cc(C)cc(OCC(O)CNCCCCCCO)c1. The first-order valence-electron chi connectivity index (χ1n) is 7.82. The molecule has 21 heavy (non-hydrogen) atoms. The zero-order chi connectivity index (χ0) is 15.5. The second-order valence-corrected chi connectivity index (χ2v) is 5.63. The van der Waals surface area contributed by atoms with Gasteiger partial charge in [0.05, 0.1) is 0 Å². The number of aliphatic hydroxyl groups is 2. The van der Waals surface area contributed by atoms with Crippen molar-refractivity contribution in [1.82, 2.24) is 5.32 Å². The zero-order valence-electron chi connectivity index (χ0n) is 13.3. The molecule has 1 aromatic rings. The van der Waals surface area contributed by atoms with Gasteiger partial charge in [0, 0.05) is 13.2 Å². The van der Waals surface area contributed by atoms with Crippen molar-refractivity contribution in [3.05, 3.63) is 29.3 Å². The van der Waals surface area contributed by atoms with E-state index >= 15 is 0 Å². The summed E-state index contributed by atoms with van der Waals surface area (Å²) in [7, 11) is 0. The molecule has 1 rings (SSSR count). The molecule has 1 atom stereocenters. The van der Waals surface area contributed by atoms with Gasteiger partial charge in [-0.3, -0.25) is 0 Å². The largest absolute Gasteiger partial charge is 0.491 e. The summed E-state index contributed by atoms with van der Waals surface area (Å²) >= 11 is 0. The van der Waals surface area contributed by atoms with E-state index in [1.165, 1.54) is 11.1 Å². The maximum atomic E-state index is 9.87. The minimum atomic E-state index is -0.497. The molecule has 0 saturated carbocycles. The summed E-state index contributed by atoms with van der Waals surface area (Å²) in [6, 6.07) is 6.06. The Morgan fingerprint density at radius 1 is 1.05 bits per heavy atom. The maximum Gasteiger partial charge on any atom is 0.119 e. The van der Waals surface area contributed by atoms with Crippen LogP contribution >= 0.6 is 0 Å². The number of hydrogen-bond donors (Lipinski definition) is 3. The van der Waals surface area contributed by atoms with E-state index < -0.39 is 6.10 Å². The van der Waals surface area contributed by atoms with E-state index in [0.29, 0.717) is 13.2 Å². The molecule has 4 nitrogen and oxygen atoms in total. The topological polar surface area (TPSA) is 61.7 Å². The molecule has 3 N–H and O–H groups in total. The minimum absolute atomic E-state index is 0.280. The second-order valence-electron chi connectivity index (χ2n) is 5.63. The zero-order valence-corrected chi connectivity index (χ0v) is 13.3. The summed E-state index contributed by atoms with van der Waals surface area (Å²) in [5.74, 6) is 0.815. The lowest BCUT2D eigenvalue weighted by Crippen LogP contribution is -2.32. The highest BCUT2D eigenvalue weighted by Crippen LogP contribution is 2.16. The molecule has 0 aliphatic heterocycles. The van der Waals surface area contributed by atoms with Crippen molar-refractivity contribution in [2.45, 2.75) is 45.6 Å². The lowest BCUT2D eigenvalue weighted by atomic mass is 10.1. The molecule has 0 heterocycles. The van der Waals surface area contributed by atoms with Crippen LogP contribution in [0.15, 0.2) is 18.2 Å². The molecular formula is C17H29NO3. The highest BCUT2D eigenvalue weighted by Gasteiger charge is 2.05. The molecule has 1 aromatic carbocycles. The van der Waals surface area contributed by atoms with E-state index in [9.17, 15) is 5.11 Å². The van der Waals surface area contributed by atoms with Crippen LogP contribution in [0, 0.1) is 13.8 Å². The Morgan fingerprint density at radius 3 is 2.38 bits per heavy atom. The average Bonchev–Trinajstić information content (AvgIpc) is 2.43. The number of benzene rings is 1. The van der Waals surface area contributed by atoms with Gasteiger partial charge in [0.2, 0.25) is 0 Å². The molecule has 0 spiro atoms. The third-order valence-corrected chi connectivity index (χ3v) is 3.28. The van der Waals surface area contributed by atoms with Crippen molar-refractivity contribution in [1.29, 1.82) is 0 Å². The van der Waals surface area contributed by atoms with Gasteiger partial charge in [0.15, 0.2) is 0 Å². The molecule has 0 aliphatic carbocycles. The molecule has 0 amide bonds. The van der Waals surface area contributed by atoms with E-state index in [2.05, 4.69) is 11.4 Å². The summed E-state index contributed by atoms with van der Waals surface area (Å²) in [5, 5.41) is 21.8. The number of hydrogen-bond acceptors (Lipinski definition) is 4. The van der Waals surface area contributed by atoms with Crippen molar-refractivity contribution in [3.63, 3.8) is 0 Å². The first kappa shape index (κ1) is 18.0. The molecule has 0 aromatic heterocycles. The Labute approximate surface area is 128 Å². The first-order valence-corrected chi connectivity index (χ1v) is 7.82. The third-order valence-electron chi connectivity index (χ3n) is 3.28. The Hall–Kier alpha value is -1.10. The Bertz CT molecular complexity index is 375. The molecule has 0 bridgehead atoms. The number of ether oxygens (including phenoxy) is 1. The van der Waals surface area contributed by atoms with Crippen LogP contribution in [0.3, 0.4) is 0 Å². The summed E-state index contributed by atoms with van der Waals surface area (Å²) in [5.41, 5.74) is 2.33. The molecule has 0 aliphatic rings. The standard InChI is InChI=1S/C17H29NO3/c1-14-9-15(2)11-17(10-14)21-13-16(20)12-18-7-5-3-4-6-8-19/h9-11,16,18-20H,3-8,12-13H2,1-2H3. The summed E-state index contributed by atoms with van der Waals surface area (Å²) in [6.45, 7) is 6.10. The molecule has 1 unspecified atom stereocenters. The van der Waals surface area contributed by atoms with Crippen molar-refractivity contribution in [2.75, 3.05) is 26.3 Å². The minimum Gasteiger partial charge on any atom is -0.491 e. The van der Waals surface area contributed by atoms with Gasteiger partial charge in [0.25, 0.3) is 0 Å². The van der Waals surface area contributed by atoms with Crippen LogP contribution in [0.5, 0.6) is 5.75 Å². The van der Waals surface area contributed by atoms with E-state index in [0.717, 1.165) is 38.0 Å². The average molecular weight is 295 g/mol. The number of aryl methyl sites for hydroxylation is 2. The molecule has 120 valence electrons. The van der Waals surface area contributed by atoms with Crippen molar-refractivity contribution >= 4 is 0 Å².